The SMILES string of the molecule is C=C(C)/C=C\OC(=O)c1ccccc1O. The fraction of sp³-hybridized carbons (Fsp3) is 0.0833. The molecular formula is C12H12O3. The standard InChI is InChI=1S/C12H12O3/c1-9(2)7-8-15-12(14)10-5-3-4-6-11(10)13/h3-8,13H,1H2,2H3/b8-7-. The van der Waals surface area contributed by atoms with E-state index < -0.39 is 5.97 Å². The molecule has 0 bridgehead atoms. The second-order valence-corrected chi connectivity index (χ2v) is 3.07. The monoisotopic (exact) mass is 204 g/mol. The molecule has 3 heteroatoms. The predicted octanol–water partition coefficient (Wildman–Crippen LogP) is 2.64. The minimum atomic E-state index is -0.592. The van der Waals surface area contributed by atoms with Crippen molar-refractivity contribution in [1.29, 1.82) is 0 Å². The van der Waals surface area contributed by atoms with E-state index in [0.717, 1.165) is 5.57 Å². The smallest absolute Gasteiger partial charge is 0.346 e. The lowest BCUT2D eigenvalue weighted by molar-refractivity contribution is 0.0660. The van der Waals surface area contributed by atoms with E-state index in [4.69, 9.17) is 4.74 Å². The first kappa shape index (κ1) is 11.0. The first-order chi connectivity index (χ1) is 7.11. The van der Waals surface area contributed by atoms with Crippen molar-refractivity contribution in [2.45, 2.75) is 6.92 Å². The Morgan fingerprint density at radius 1 is 1.47 bits per heavy atom. The van der Waals surface area contributed by atoms with Crippen molar-refractivity contribution in [3.8, 4) is 5.75 Å². The highest BCUT2D eigenvalue weighted by molar-refractivity contribution is 5.92. The Labute approximate surface area is 88.3 Å². The quantitative estimate of drug-likeness (QED) is 0.467. The molecule has 0 radical (unpaired) electrons. The number of phenols is 1. The Balaban J connectivity index is 2.70. The Morgan fingerprint density at radius 2 is 2.13 bits per heavy atom. The van der Waals surface area contributed by atoms with E-state index in [0.29, 0.717) is 0 Å². The summed E-state index contributed by atoms with van der Waals surface area (Å²) in [5.41, 5.74) is 0.920. The molecule has 1 aromatic rings. The summed E-state index contributed by atoms with van der Waals surface area (Å²) in [6.07, 6.45) is 2.81. The first-order valence-electron chi connectivity index (χ1n) is 4.42. The van der Waals surface area contributed by atoms with Crippen LogP contribution in [-0.2, 0) is 4.74 Å². The van der Waals surface area contributed by atoms with Crippen LogP contribution in [0.2, 0.25) is 0 Å². The van der Waals surface area contributed by atoms with Gasteiger partial charge >= 0.3 is 5.97 Å². The summed E-state index contributed by atoms with van der Waals surface area (Å²) in [7, 11) is 0. The van der Waals surface area contributed by atoms with Crippen LogP contribution in [-0.4, -0.2) is 11.1 Å². The molecule has 15 heavy (non-hydrogen) atoms. The van der Waals surface area contributed by atoms with Gasteiger partial charge in [0.05, 0.1) is 6.26 Å². The molecule has 0 aliphatic carbocycles. The molecule has 0 fully saturated rings. The normalized spacial score (nSPS) is 10.2. The zero-order valence-electron chi connectivity index (χ0n) is 8.43. The maximum atomic E-state index is 11.4. The number of benzene rings is 1. The molecule has 1 aromatic carbocycles. The van der Waals surface area contributed by atoms with E-state index in [1.54, 1.807) is 25.1 Å². The number of rotatable bonds is 3. The van der Waals surface area contributed by atoms with Crippen LogP contribution in [0.15, 0.2) is 48.8 Å². The lowest BCUT2D eigenvalue weighted by Crippen LogP contribution is -2.00. The van der Waals surface area contributed by atoms with Crippen LogP contribution in [0.5, 0.6) is 5.75 Å². The van der Waals surface area contributed by atoms with Gasteiger partial charge in [0.25, 0.3) is 0 Å². The zero-order valence-corrected chi connectivity index (χ0v) is 8.43. The molecule has 0 unspecified atom stereocenters. The number of aromatic hydroxyl groups is 1. The van der Waals surface area contributed by atoms with E-state index in [9.17, 15) is 9.90 Å². The molecule has 0 aliphatic heterocycles. The number of ether oxygens (including phenoxy) is 1. The molecule has 0 spiro atoms. The van der Waals surface area contributed by atoms with Gasteiger partial charge in [-0.2, -0.15) is 0 Å². The lowest BCUT2D eigenvalue weighted by atomic mass is 10.2. The van der Waals surface area contributed by atoms with Gasteiger partial charge in [-0.15, -0.1) is 0 Å². The third-order valence-electron chi connectivity index (χ3n) is 1.65. The maximum absolute atomic E-state index is 11.4. The summed E-state index contributed by atoms with van der Waals surface area (Å²) < 4.78 is 4.78. The van der Waals surface area contributed by atoms with Crippen molar-refractivity contribution in [3.05, 3.63) is 54.3 Å². The van der Waals surface area contributed by atoms with E-state index >= 15 is 0 Å². The number of carbonyl (C=O) groups excluding carboxylic acids is 1. The number of para-hydroxylation sites is 1. The van der Waals surface area contributed by atoms with Gasteiger partial charge in [0.1, 0.15) is 11.3 Å². The fourth-order valence-corrected chi connectivity index (χ4v) is 0.922. The molecule has 0 saturated carbocycles. The van der Waals surface area contributed by atoms with Gasteiger partial charge in [0, 0.05) is 0 Å². The zero-order chi connectivity index (χ0) is 11.3. The summed E-state index contributed by atoms with van der Waals surface area (Å²) in [5.74, 6) is -0.683. The van der Waals surface area contributed by atoms with Gasteiger partial charge in [-0.25, -0.2) is 4.79 Å². The van der Waals surface area contributed by atoms with Crippen LogP contribution < -0.4 is 0 Å². The highest BCUT2D eigenvalue weighted by Gasteiger charge is 2.09. The van der Waals surface area contributed by atoms with Gasteiger partial charge in [0.2, 0.25) is 0 Å². The predicted molar refractivity (Wildman–Crippen MR) is 57.5 cm³/mol. The van der Waals surface area contributed by atoms with Crippen LogP contribution in [0.3, 0.4) is 0 Å². The van der Waals surface area contributed by atoms with Crippen molar-refractivity contribution in [2.24, 2.45) is 0 Å². The van der Waals surface area contributed by atoms with E-state index in [2.05, 4.69) is 6.58 Å². The molecule has 1 rings (SSSR count). The molecule has 0 heterocycles. The van der Waals surface area contributed by atoms with Gasteiger partial charge in [-0.05, 0) is 25.1 Å². The van der Waals surface area contributed by atoms with Gasteiger partial charge in [0.15, 0.2) is 0 Å². The summed E-state index contributed by atoms with van der Waals surface area (Å²) >= 11 is 0. The van der Waals surface area contributed by atoms with Crippen molar-refractivity contribution >= 4 is 5.97 Å². The van der Waals surface area contributed by atoms with Crippen LogP contribution in [0.4, 0.5) is 0 Å². The fourth-order valence-electron chi connectivity index (χ4n) is 0.922. The number of carbonyl (C=O) groups is 1. The van der Waals surface area contributed by atoms with E-state index in [1.807, 2.05) is 0 Å². The molecule has 0 amide bonds. The van der Waals surface area contributed by atoms with Crippen molar-refractivity contribution < 1.29 is 14.6 Å². The molecule has 0 saturated heterocycles. The molecule has 0 atom stereocenters. The van der Waals surface area contributed by atoms with Gasteiger partial charge in [-0.3, -0.25) is 0 Å². The molecule has 78 valence electrons. The molecule has 1 N–H and O–H groups in total. The molecule has 0 aromatic heterocycles. The van der Waals surface area contributed by atoms with E-state index in [-0.39, 0.29) is 11.3 Å². The topological polar surface area (TPSA) is 46.5 Å². The second-order valence-electron chi connectivity index (χ2n) is 3.07. The van der Waals surface area contributed by atoms with Gasteiger partial charge < -0.3 is 9.84 Å². The third-order valence-corrected chi connectivity index (χ3v) is 1.65. The summed E-state index contributed by atoms with van der Waals surface area (Å²) in [6, 6.07) is 6.21. The Kier molecular flexibility index (Phi) is 3.68. The summed E-state index contributed by atoms with van der Waals surface area (Å²) in [6.45, 7) is 5.40. The Morgan fingerprint density at radius 3 is 2.73 bits per heavy atom. The Hall–Kier alpha value is -2.03. The lowest BCUT2D eigenvalue weighted by Gasteiger charge is -2.01. The highest BCUT2D eigenvalue weighted by Crippen LogP contribution is 2.16. The van der Waals surface area contributed by atoms with Crippen molar-refractivity contribution in [2.75, 3.05) is 0 Å². The number of hydrogen-bond donors (Lipinski definition) is 1. The van der Waals surface area contributed by atoms with Crippen molar-refractivity contribution in [1.82, 2.24) is 0 Å². The summed E-state index contributed by atoms with van der Waals surface area (Å²) in [5, 5.41) is 9.35. The van der Waals surface area contributed by atoms with Gasteiger partial charge in [-0.1, -0.05) is 24.3 Å². The first-order valence-corrected chi connectivity index (χ1v) is 4.42. The van der Waals surface area contributed by atoms with Crippen LogP contribution >= 0.6 is 0 Å². The largest absolute Gasteiger partial charge is 0.507 e. The Bertz CT molecular complexity index is 405. The third kappa shape index (κ3) is 3.31. The van der Waals surface area contributed by atoms with Crippen LogP contribution in [0, 0.1) is 0 Å². The maximum Gasteiger partial charge on any atom is 0.346 e. The van der Waals surface area contributed by atoms with E-state index in [1.165, 1.54) is 18.4 Å². The average molecular weight is 204 g/mol. The molecule has 0 aliphatic rings. The molecular weight excluding hydrogens is 192 g/mol. The highest BCUT2D eigenvalue weighted by atomic mass is 16.5. The number of phenolic OH excluding ortho intramolecular Hbond substituents is 1. The van der Waals surface area contributed by atoms with Crippen LogP contribution in [0.25, 0.3) is 0 Å². The number of allylic oxidation sites excluding steroid dienone is 2. The number of hydrogen-bond acceptors (Lipinski definition) is 3. The van der Waals surface area contributed by atoms with Crippen molar-refractivity contribution in [3.63, 3.8) is 0 Å². The second kappa shape index (κ2) is 5.00. The number of esters is 1. The van der Waals surface area contributed by atoms with Crippen LogP contribution in [0.1, 0.15) is 17.3 Å². The average Bonchev–Trinajstić information content (AvgIpc) is 2.17. The molecule has 3 nitrogen and oxygen atoms in total. The minimum Gasteiger partial charge on any atom is -0.507 e. The summed E-state index contributed by atoms with van der Waals surface area (Å²) in [4.78, 5) is 11.4. The minimum absolute atomic E-state index is 0.0915.